The van der Waals surface area contributed by atoms with Gasteiger partial charge in [0.2, 0.25) is 27.7 Å². The van der Waals surface area contributed by atoms with Gasteiger partial charge in [-0.15, -0.1) is 0 Å². The first kappa shape index (κ1) is 43.1. The summed E-state index contributed by atoms with van der Waals surface area (Å²) in [6.07, 6.45) is 3.69. The number of nitrogens with one attached hydrogen (secondary N) is 1. The lowest BCUT2D eigenvalue weighted by molar-refractivity contribution is -0.213. The van der Waals surface area contributed by atoms with Gasteiger partial charge in [-0.2, -0.15) is 13.2 Å². The number of Topliss-reactive ketones (excluding diaryl/α,β-unsaturated/α-hetero) is 2. The summed E-state index contributed by atoms with van der Waals surface area (Å²) in [7, 11) is -3.92. The lowest BCUT2D eigenvalue weighted by atomic mass is 9.78. The van der Waals surface area contributed by atoms with Crippen LogP contribution >= 0.6 is 0 Å². The minimum atomic E-state index is -4.64. The number of alkyl halides is 3. The molecular weight excluding hydrogens is 788 g/mol. The molecule has 322 valence electrons. The number of benzene rings is 1. The Bertz CT molecular complexity index is 2100. The normalized spacial score (nSPS) is 30.1. The van der Waals surface area contributed by atoms with Crippen LogP contribution < -0.4 is 14.2 Å². The molecule has 15 heteroatoms. The van der Waals surface area contributed by atoms with Gasteiger partial charge in [-0.05, 0) is 81.1 Å². The van der Waals surface area contributed by atoms with Crippen LogP contribution in [0.2, 0.25) is 0 Å². The van der Waals surface area contributed by atoms with Gasteiger partial charge in [-0.25, -0.2) is 13.4 Å². The van der Waals surface area contributed by atoms with Crippen molar-refractivity contribution in [1.29, 1.82) is 0 Å². The molecule has 1 saturated heterocycles. The molecule has 1 aromatic heterocycles. The lowest BCUT2D eigenvalue weighted by Gasteiger charge is -2.33. The molecule has 4 fully saturated rings. The average molecular weight is 844 g/mol. The number of ether oxygens (including phenoxy) is 2. The van der Waals surface area contributed by atoms with Crippen molar-refractivity contribution in [2.24, 2.45) is 40.4 Å². The molecular formula is C44H56F3N3O8S. The van der Waals surface area contributed by atoms with Gasteiger partial charge in [-0.1, -0.05) is 58.0 Å². The van der Waals surface area contributed by atoms with Crippen molar-refractivity contribution < 1.29 is 50.2 Å². The maximum atomic E-state index is 14.9. The quantitative estimate of drug-likeness (QED) is 0.214. The zero-order valence-corrected chi connectivity index (χ0v) is 35.1. The molecule has 3 aliphatic carbocycles. The number of sulfonamides is 1. The fraction of sp³-hybridized carbons (Fsp3) is 0.659. The van der Waals surface area contributed by atoms with Crippen molar-refractivity contribution in [1.82, 2.24) is 14.6 Å². The van der Waals surface area contributed by atoms with Crippen LogP contribution in [0, 0.1) is 40.4 Å². The maximum absolute atomic E-state index is 14.9. The Kier molecular flexibility index (Phi) is 12.0. The van der Waals surface area contributed by atoms with E-state index in [1.807, 2.05) is 50.3 Å². The standard InChI is InChI=1S/C44H56F3N3O8S/c1-26-9-5-6-10-29-20-43(29,41(54)49-59(55,56)32-15-16-32)22-37(52)36-19-31(58-39-34-12-8-7-11-33(34)38(23-48-39)57-25-28-13-14-28)24-50(36)40(53)35(27(2)17-26)18-30(51)21-42(3,4)44(45,46)47/h6-8,10-12,23,26-29,31-32,35-36H,5,9,13-22,24-25H2,1-4H3,(H,49,54)/b10-6-/t26-,27-,29-,31-,35+,36+,43-/m1/s1. The van der Waals surface area contributed by atoms with Gasteiger partial charge < -0.3 is 14.4 Å². The first-order chi connectivity index (χ1) is 27.8. The van der Waals surface area contributed by atoms with Gasteiger partial charge in [0.25, 0.3) is 0 Å². The number of allylic oxidation sites excluding steroid dienone is 2. The second-order valence-corrected chi connectivity index (χ2v) is 20.7. The van der Waals surface area contributed by atoms with Crippen LogP contribution in [0.15, 0.2) is 42.6 Å². The second kappa shape index (κ2) is 16.5. The summed E-state index contributed by atoms with van der Waals surface area (Å²) in [4.78, 5) is 63.0. The van der Waals surface area contributed by atoms with Gasteiger partial charge >= 0.3 is 6.18 Å². The third-order valence-electron chi connectivity index (χ3n) is 13.2. The average Bonchev–Trinajstić information content (AvgIpc) is 4.06. The number of carbonyl (C=O) groups excluding carboxylic acids is 4. The highest BCUT2D eigenvalue weighted by Gasteiger charge is 2.62. The fourth-order valence-corrected chi connectivity index (χ4v) is 10.3. The number of amides is 2. The van der Waals surface area contributed by atoms with E-state index in [-0.39, 0.29) is 37.6 Å². The van der Waals surface area contributed by atoms with E-state index in [0.717, 1.165) is 32.1 Å². The largest absolute Gasteiger partial charge is 0.491 e. The summed E-state index contributed by atoms with van der Waals surface area (Å²) in [5.41, 5.74) is -3.65. The molecule has 2 aliphatic heterocycles. The molecule has 1 aromatic carbocycles. The van der Waals surface area contributed by atoms with E-state index in [4.69, 9.17) is 9.47 Å². The van der Waals surface area contributed by atoms with Gasteiger partial charge in [0.1, 0.15) is 17.6 Å². The third-order valence-corrected chi connectivity index (χ3v) is 15.0. The van der Waals surface area contributed by atoms with Crippen molar-refractivity contribution in [2.75, 3.05) is 13.2 Å². The van der Waals surface area contributed by atoms with E-state index in [1.54, 1.807) is 6.20 Å². The van der Waals surface area contributed by atoms with Crippen molar-refractivity contribution in [3.8, 4) is 11.6 Å². The highest BCUT2D eigenvalue weighted by molar-refractivity contribution is 7.90. The fourth-order valence-electron chi connectivity index (χ4n) is 8.90. The molecule has 7 atom stereocenters. The molecule has 0 unspecified atom stereocenters. The molecule has 2 aromatic rings. The number of hydrogen-bond acceptors (Lipinski definition) is 9. The lowest BCUT2D eigenvalue weighted by Crippen LogP contribution is -2.47. The highest BCUT2D eigenvalue weighted by Crippen LogP contribution is 2.57. The van der Waals surface area contributed by atoms with Crippen LogP contribution in [0.5, 0.6) is 11.6 Å². The highest BCUT2D eigenvalue weighted by atomic mass is 32.2. The van der Waals surface area contributed by atoms with Crippen LogP contribution in [0.25, 0.3) is 10.8 Å². The SMILES string of the molecule is C[C@@H]1CC/C=C\[C@@H]2C[C@@]2(C(=O)NS(=O)(=O)C2CC2)CC(=O)[C@@H]2C[C@@H](Oc3ncc(OCC4CC4)c4ccccc34)CN2C(=O)[C@@H](CC(=O)CC(C)(C)C(F)(F)F)[C@H](C)C1. The molecule has 11 nitrogen and oxygen atoms in total. The van der Waals surface area contributed by atoms with E-state index in [9.17, 15) is 40.8 Å². The monoisotopic (exact) mass is 843 g/mol. The van der Waals surface area contributed by atoms with Crippen molar-refractivity contribution in [2.45, 2.75) is 128 Å². The minimum absolute atomic E-state index is 0.0195. The number of halogens is 3. The van der Waals surface area contributed by atoms with Crippen LogP contribution in [0.4, 0.5) is 13.2 Å². The van der Waals surface area contributed by atoms with E-state index in [2.05, 4.69) is 9.71 Å². The second-order valence-electron chi connectivity index (χ2n) is 18.7. The van der Waals surface area contributed by atoms with Crippen molar-refractivity contribution >= 4 is 44.2 Å². The summed E-state index contributed by atoms with van der Waals surface area (Å²) < 4.78 is 82.5. The van der Waals surface area contributed by atoms with E-state index >= 15 is 0 Å². The summed E-state index contributed by atoms with van der Waals surface area (Å²) in [6, 6.07) is 6.34. The van der Waals surface area contributed by atoms with Crippen molar-refractivity contribution in [3.05, 3.63) is 42.6 Å². The Labute approximate surface area is 344 Å². The summed E-state index contributed by atoms with van der Waals surface area (Å²) >= 11 is 0. The molecule has 2 amide bonds. The number of nitrogens with zero attached hydrogens (tertiary/aromatic N) is 2. The summed E-state index contributed by atoms with van der Waals surface area (Å²) in [6.45, 7) is 6.28. The molecule has 0 bridgehead atoms. The van der Waals surface area contributed by atoms with Gasteiger partial charge in [0, 0.05) is 42.4 Å². The van der Waals surface area contributed by atoms with Crippen LogP contribution in [0.3, 0.4) is 0 Å². The smallest absolute Gasteiger partial charge is 0.394 e. The van der Waals surface area contributed by atoms with Gasteiger partial charge in [0.05, 0.1) is 41.5 Å². The van der Waals surface area contributed by atoms with Crippen LogP contribution in [-0.2, 0) is 29.2 Å². The number of fused-ring (bicyclic) bond motifs is 3. The molecule has 1 N–H and O–H groups in total. The molecule has 3 saturated carbocycles. The third kappa shape index (κ3) is 9.65. The Morgan fingerprint density at radius 3 is 2.41 bits per heavy atom. The predicted molar refractivity (Wildman–Crippen MR) is 214 cm³/mol. The zero-order valence-electron chi connectivity index (χ0n) is 34.3. The van der Waals surface area contributed by atoms with E-state index < -0.39 is 98.4 Å². The summed E-state index contributed by atoms with van der Waals surface area (Å²) in [5, 5.41) is 0.799. The molecule has 0 radical (unpaired) electrons. The van der Waals surface area contributed by atoms with Crippen molar-refractivity contribution in [3.63, 3.8) is 0 Å². The topological polar surface area (TPSA) is 149 Å². The Balaban J connectivity index is 1.21. The number of hydrogen-bond donors (Lipinski definition) is 1. The molecule has 0 spiro atoms. The number of carbonyl (C=O) groups is 4. The predicted octanol–water partition coefficient (Wildman–Crippen LogP) is 7.51. The zero-order chi connectivity index (χ0) is 42.5. The molecule has 5 aliphatic rings. The van der Waals surface area contributed by atoms with E-state index in [1.165, 1.54) is 4.90 Å². The van der Waals surface area contributed by atoms with E-state index in [0.29, 0.717) is 55.8 Å². The van der Waals surface area contributed by atoms with Gasteiger partial charge in [0.15, 0.2) is 5.78 Å². The molecule has 3 heterocycles. The Morgan fingerprint density at radius 1 is 1.02 bits per heavy atom. The van der Waals surface area contributed by atoms with Gasteiger partial charge in [-0.3, -0.25) is 23.9 Å². The van der Waals surface area contributed by atoms with Crippen LogP contribution in [0.1, 0.15) is 105 Å². The number of rotatable bonds is 12. The number of aromatic nitrogens is 1. The summed E-state index contributed by atoms with van der Waals surface area (Å²) in [5.74, 6) is -2.83. The molecule has 7 rings (SSSR count). The minimum Gasteiger partial charge on any atom is -0.491 e. The number of pyridine rings is 1. The number of ketones is 2. The first-order valence-electron chi connectivity index (χ1n) is 21.1. The maximum Gasteiger partial charge on any atom is 0.394 e. The Hall–Kier alpha value is -4.01. The van der Waals surface area contributed by atoms with Crippen LogP contribution in [-0.4, -0.2) is 78.4 Å². The first-order valence-corrected chi connectivity index (χ1v) is 22.6. The molecule has 59 heavy (non-hydrogen) atoms. The Morgan fingerprint density at radius 2 is 1.73 bits per heavy atom.